The van der Waals surface area contributed by atoms with E-state index < -0.39 is 10.0 Å². The van der Waals surface area contributed by atoms with Gasteiger partial charge in [0.05, 0.1) is 10.6 Å². The maximum atomic E-state index is 13.2. The standard InChI is InChI=1S/C27H28N2O3S/c1-18-13-14-23(19(2)15-18)28-33(31,32)21-10-8-9-20(16-21)25(30)17-26-27(3,4)22-11-6-7-12-24(22)29(26)5/h6-17,28H,1-5H3. The first kappa shape index (κ1) is 22.8. The highest BCUT2D eigenvalue weighted by Gasteiger charge is 2.38. The summed E-state index contributed by atoms with van der Waals surface area (Å²) in [5.41, 5.74) is 5.48. The lowest BCUT2D eigenvalue weighted by molar-refractivity contribution is 0.104. The number of hydrogen-bond donors (Lipinski definition) is 1. The van der Waals surface area contributed by atoms with Gasteiger partial charge in [0, 0.05) is 35.5 Å². The number of carbonyl (C=O) groups is 1. The number of para-hydroxylation sites is 1. The van der Waals surface area contributed by atoms with Gasteiger partial charge in [-0.1, -0.05) is 61.9 Å². The average Bonchev–Trinajstić information content (AvgIpc) is 2.96. The molecule has 1 aliphatic heterocycles. The maximum absolute atomic E-state index is 13.2. The minimum atomic E-state index is -3.84. The highest BCUT2D eigenvalue weighted by Crippen LogP contribution is 2.46. The molecule has 0 aromatic heterocycles. The summed E-state index contributed by atoms with van der Waals surface area (Å²) >= 11 is 0. The molecule has 3 aromatic carbocycles. The van der Waals surface area contributed by atoms with Crippen molar-refractivity contribution in [3.8, 4) is 0 Å². The third-order valence-electron chi connectivity index (χ3n) is 6.26. The quantitative estimate of drug-likeness (QED) is 0.398. The highest BCUT2D eigenvalue weighted by molar-refractivity contribution is 7.92. The molecule has 1 aliphatic rings. The van der Waals surface area contributed by atoms with Crippen LogP contribution >= 0.6 is 0 Å². The fourth-order valence-corrected chi connectivity index (χ4v) is 5.59. The number of nitrogens with zero attached hydrogens (tertiary/aromatic N) is 1. The molecule has 0 bridgehead atoms. The van der Waals surface area contributed by atoms with Crippen molar-refractivity contribution in [2.45, 2.75) is 38.0 Å². The topological polar surface area (TPSA) is 66.5 Å². The van der Waals surface area contributed by atoms with Crippen LogP contribution in [-0.4, -0.2) is 21.2 Å². The van der Waals surface area contributed by atoms with E-state index >= 15 is 0 Å². The van der Waals surface area contributed by atoms with E-state index in [0.717, 1.165) is 28.1 Å². The summed E-state index contributed by atoms with van der Waals surface area (Å²) in [7, 11) is -1.90. The van der Waals surface area contributed by atoms with Crippen molar-refractivity contribution in [2.24, 2.45) is 0 Å². The van der Waals surface area contributed by atoms with Crippen LogP contribution in [0.4, 0.5) is 11.4 Å². The van der Waals surface area contributed by atoms with Crippen LogP contribution in [0.5, 0.6) is 0 Å². The van der Waals surface area contributed by atoms with Crippen molar-refractivity contribution < 1.29 is 13.2 Å². The van der Waals surface area contributed by atoms with Crippen LogP contribution in [0, 0.1) is 13.8 Å². The second-order valence-corrected chi connectivity index (χ2v) is 10.7. The molecule has 0 saturated carbocycles. The molecule has 0 amide bonds. The molecule has 0 radical (unpaired) electrons. The smallest absolute Gasteiger partial charge is 0.261 e. The number of carbonyl (C=O) groups excluding carboxylic acids is 1. The van der Waals surface area contributed by atoms with Gasteiger partial charge in [0.15, 0.2) is 5.78 Å². The van der Waals surface area contributed by atoms with Gasteiger partial charge >= 0.3 is 0 Å². The molecule has 33 heavy (non-hydrogen) atoms. The molecule has 0 unspecified atom stereocenters. The number of nitrogens with one attached hydrogen (secondary N) is 1. The second-order valence-electron chi connectivity index (χ2n) is 9.05. The van der Waals surface area contributed by atoms with E-state index in [1.54, 1.807) is 24.3 Å². The highest BCUT2D eigenvalue weighted by atomic mass is 32.2. The number of aryl methyl sites for hydroxylation is 2. The van der Waals surface area contributed by atoms with Gasteiger partial charge in [-0.2, -0.15) is 0 Å². The number of benzene rings is 3. The second kappa shape index (κ2) is 8.19. The summed E-state index contributed by atoms with van der Waals surface area (Å²) in [4.78, 5) is 15.3. The molecular weight excluding hydrogens is 432 g/mol. The summed E-state index contributed by atoms with van der Waals surface area (Å²) in [6.45, 7) is 7.98. The van der Waals surface area contributed by atoms with E-state index in [1.165, 1.54) is 12.1 Å². The minimum Gasteiger partial charge on any atom is -0.347 e. The van der Waals surface area contributed by atoms with Crippen molar-refractivity contribution in [3.63, 3.8) is 0 Å². The van der Waals surface area contributed by atoms with Gasteiger partial charge in [0.25, 0.3) is 10.0 Å². The van der Waals surface area contributed by atoms with Crippen LogP contribution < -0.4 is 9.62 Å². The van der Waals surface area contributed by atoms with E-state index in [9.17, 15) is 13.2 Å². The van der Waals surface area contributed by atoms with Gasteiger partial charge in [0.1, 0.15) is 0 Å². The number of allylic oxidation sites excluding steroid dienone is 2. The van der Waals surface area contributed by atoms with Crippen molar-refractivity contribution in [2.75, 3.05) is 16.7 Å². The summed E-state index contributed by atoms with van der Waals surface area (Å²) in [6, 6.07) is 19.8. The average molecular weight is 461 g/mol. The zero-order valence-electron chi connectivity index (χ0n) is 19.5. The van der Waals surface area contributed by atoms with Crippen LogP contribution in [0.15, 0.2) is 83.4 Å². The number of fused-ring (bicyclic) bond motifs is 1. The van der Waals surface area contributed by atoms with Crippen molar-refractivity contribution in [1.29, 1.82) is 0 Å². The van der Waals surface area contributed by atoms with Crippen LogP contribution in [0.1, 0.15) is 40.9 Å². The molecule has 0 atom stereocenters. The first-order valence-corrected chi connectivity index (χ1v) is 12.3. The summed E-state index contributed by atoms with van der Waals surface area (Å²) in [5, 5.41) is 0. The molecule has 1 heterocycles. The fourth-order valence-electron chi connectivity index (χ4n) is 4.41. The number of hydrogen-bond acceptors (Lipinski definition) is 4. The van der Waals surface area contributed by atoms with Crippen LogP contribution in [0.2, 0.25) is 0 Å². The zero-order valence-corrected chi connectivity index (χ0v) is 20.3. The van der Waals surface area contributed by atoms with Crippen LogP contribution in [0.3, 0.4) is 0 Å². The lowest BCUT2D eigenvalue weighted by Gasteiger charge is -2.24. The zero-order chi connectivity index (χ0) is 24.0. The van der Waals surface area contributed by atoms with E-state index in [4.69, 9.17) is 0 Å². The normalized spacial score (nSPS) is 16.0. The molecule has 6 heteroatoms. The Labute approximate surface area is 195 Å². The lowest BCUT2D eigenvalue weighted by atomic mass is 9.83. The minimum absolute atomic E-state index is 0.0500. The Kier molecular flexibility index (Phi) is 5.66. The lowest BCUT2D eigenvalue weighted by Crippen LogP contribution is -2.24. The molecule has 3 aromatic rings. The van der Waals surface area contributed by atoms with Crippen molar-refractivity contribution in [3.05, 3.63) is 101 Å². The van der Waals surface area contributed by atoms with Crippen LogP contribution in [0.25, 0.3) is 0 Å². The van der Waals surface area contributed by atoms with Crippen molar-refractivity contribution in [1.82, 2.24) is 0 Å². The predicted molar refractivity (Wildman–Crippen MR) is 133 cm³/mol. The Balaban J connectivity index is 1.65. The first-order chi connectivity index (χ1) is 15.5. The van der Waals surface area contributed by atoms with Crippen LogP contribution in [-0.2, 0) is 15.4 Å². The third-order valence-corrected chi connectivity index (χ3v) is 7.63. The Hall–Kier alpha value is -3.38. The molecule has 0 saturated heterocycles. The Bertz CT molecular complexity index is 1390. The van der Waals surface area contributed by atoms with Gasteiger partial charge < -0.3 is 4.90 Å². The number of rotatable bonds is 5. The molecule has 0 spiro atoms. The molecule has 1 N–H and O–H groups in total. The molecule has 170 valence electrons. The van der Waals surface area contributed by atoms with E-state index in [-0.39, 0.29) is 16.1 Å². The number of sulfonamides is 1. The maximum Gasteiger partial charge on any atom is 0.261 e. The Morgan fingerprint density at radius 3 is 2.39 bits per heavy atom. The number of likely N-dealkylation sites (N-methyl/N-ethyl adjacent to an activating group) is 1. The molecular formula is C27H28N2O3S. The molecule has 0 aliphatic carbocycles. The number of ketones is 1. The van der Waals surface area contributed by atoms with Gasteiger partial charge in [0.2, 0.25) is 0 Å². The fraction of sp³-hybridized carbons (Fsp3) is 0.222. The monoisotopic (exact) mass is 460 g/mol. The predicted octanol–water partition coefficient (Wildman–Crippen LogP) is 5.60. The largest absolute Gasteiger partial charge is 0.347 e. The van der Waals surface area contributed by atoms with Gasteiger partial charge in [-0.25, -0.2) is 8.42 Å². The summed E-state index contributed by atoms with van der Waals surface area (Å²) in [5.74, 6) is -0.235. The Morgan fingerprint density at radius 2 is 1.70 bits per heavy atom. The number of anilines is 2. The molecule has 0 fully saturated rings. The molecule has 5 nitrogen and oxygen atoms in total. The SMILES string of the molecule is Cc1ccc(NS(=O)(=O)c2cccc(C(=O)C=C3N(C)c4ccccc4C3(C)C)c2)c(C)c1. The van der Waals surface area contributed by atoms with E-state index in [1.807, 2.05) is 56.1 Å². The van der Waals surface area contributed by atoms with E-state index in [0.29, 0.717) is 11.3 Å². The van der Waals surface area contributed by atoms with Gasteiger partial charge in [-0.15, -0.1) is 0 Å². The Morgan fingerprint density at radius 1 is 0.970 bits per heavy atom. The third kappa shape index (κ3) is 4.18. The van der Waals surface area contributed by atoms with Gasteiger partial charge in [-0.3, -0.25) is 9.52 Å². The summed E-state index contributed by atoms with van der Waals surface area (Å²) in [6.07, 6.45) is 1.61. The summed E-state index contributed by atoms with van der Waals surface area (Å²) < 4.78 is 28.7. The first-order valence-electron chi connectivity index (χ1n) is 10.8. The van der Waals surface area contributed by atoms with Crippen molar-refractivity contribution >= 4 is 27.2 Å². The van der Waals surface area contributed by atoms with E-state index in [2.05, 4.69) is 24.6 Å². The van der Waals surface area contributed by atoms with Gasteiger partial charge in [-0.05, 0) is 49.2 Å². The molecule has 4 rings (SSSR count).